The van der Waals surface area contributed by atoms with Gasteiger partial charge in [0.1, 0.15) is 18.0 Å². The zero-order valence-electron chi connectivity index (χ0n) is 13.2. The van der Waals surface area contributed by atoms with Crippen LogP contribution in [-0.2, 0) is 9.53 Å². The summed E-state index contributed by atoms with van der Waals surface area (Å²) in [5.41, 5.74) is 5.74. The Morgan fingerprint density at radius 1 is 1.52 bits per heavy atom. The number of amides is 1. The van der Waals surface area contributed by atoms with E-state index in [2.05, 4.69) is 32.0 Å². The molecular formula is C16H21N5O2. The summed E-state index contributed by atoms with van der Waals surface area (Å²) in [5, 5.41) is 2.88. The summed E-state index contributed by atoms with van der Waals surface area (Å²) in [4.78, 5) is 22.1. The molecule has 1 amide bonds. The Balaban J connectivity index is 1.63. The molecular weight excluding hydrogens is 294 g/mol. The van der Waals surface area contributed by atoms with E-state index in [4.69, 9.17) is 10.5 Å². The number of nitrogens with one attached hydrogen (secondary N) is 1. The van der Waals surface area contributed by atoms with Crippen LogP contribution in [0.25, 0.3) is 0 Å². The van der Waals surface area contributed by atoms with E-state index in [0.717, 1.165) is 25.1 Å². The van der Waals surface area contributed by atoms with E-state index < -0.39 is 0 Å². The summed E-state index contributed by atoms with van der Waals surface area (Å²) in [7, 11) is 1.69. The Labute approximate surface area is 135 Å². The Morgan fingerprint density at radius 3 is 3.04 bits per heavy atom. The van der Waals surface area contributed by atoms with Gasteiger partial charge in [-0.3, -0.25) is 4.79 Å². The van der Waals surface area contributed by atoms with Gasteiger partial charge in [0.2, 0.25) is 0 Å². The molecule has 2 fully saturated rings. The summed E-state index contributed by atoms with van der Waals surface area (Å²) < 4.78 is 5.46. The van der Waals surface area contributed by atoms with Crippen LogP contribution in [0, 0.1) is 17.8 Å². The number of aromatic nitrogens is 2. The zero-order chi connectivity index (χ0) is 16.2. The minimum atomic E-state index is -0.222. The van der Waals surface area contributed by atoms with Gasteiger partial charge in [-0.25, -0.2) is 9.97 Å². The van der Waals surface area contributed by atoms with E-state index in [1.54, 1.807) is 13.2 Å². The third-order valence-electron chi connectivity index (χ3n) is 4.14. The molecule has 23 heavy (non-hydrogen) atoms. The molecule has 2 atom stereocenters. The molecule has 0 spiro atoms. The van der Waals surface area contributed by atoms with Crippen LogP contribution in [0.1, 0.15) is 19.3 Å². The number of ether oxygens (including phenoxy) is 1. The van der Waals surface area contributed by atoms with Crippen molar-refractivity contribution >= 4 is 17.5 Å². The normalized spacial score (nSPS) is 23.3. The number of carbonyl (C=O) groups is 1. The molecule has 7 heteroatoms. The molecule has 0 bridgehead atoms. The minimum Gasteiger partial charge on any atom is -0.384 e. The third-order valence-corrected chi connectivity index (χ3v) is 4.14. The maximum atomic E-state index is 11.8. The Morgan fingerprint density at radius 2 is 2.35 bits per heavy atom. The first kappa shape index (κ1) is 15.6. The van der Waals surface area contributed by atoms with Crippen molar-refractivity contribution < 1.29 is 9.53 Å². The number of nitrogen functional groups attached to an aromatic ring is 1. The highest BCUT2D eigenvalue weighted by Crippen LogP contribution is 2.27. The molecule has 1 aliphatic heterocycles. The van der Waals surface area contributed by atoms with Gasteiger partial charge in [0.25, 0.3) is 5.91 Å². The Kier molecular flexibility index (Phi) is 4.63. The lowest BCUT2D eigenvalue weighted by atomic mass is 10.2. The maximum absolute atomic E-state index is 11.8. The maximum Gasteiger partial charge on any atom is 0.295 e. The number of nitrogens with two attached hydrogens (primary N) is 1. The Hall–Kier alpha value is -2.33. The molecule has 0 aromatic carbocycles. The van der Waals surface area contributed by atoms with Crippen molar-refractivity contribution in [2.45, 2.75) is 31.4 Å². The standard InChI is InChI=1S/C16H21N5O2/c1-23-13-6-12(8-18-16(22)5-4-11-2-3-11)21(9-13)15-7-14(17)19-10-20-15/h7,10-13H,2-3,6,8-9H2,1H3,(H,18,22)(H2,17,19,20)/t12-,13-/m1/s1. The van der Waals surface area contributed by atoms with Gasteiger partial charge in [0.15, 0.2) is 0 Å². The number of methoxy groups -OCH3 is 1. The van der Waals surface area contributed by atoms with Crippen molar-refractivity contribution in [2.75, 3.05) is 30.8 Å². The van der Waals surface area contributed by atoms with Gasteiger partial charge in [-0.15, -0.1) is 0 Å². The van der Waals surface area contributed by atoms with Crippen LogP contribution in [-0.4, -0.2) is 48.2 Å². The molecule has 2 heterocycles. The van der Waals surface area contributed by atoms with E-state index in [9.17, 15) is 4.79 Å². The van der Waals surface area contributed by atoms with Crippen molar-refractivity contribution in [2.24, 2.45) is 5.92 Å². The van der Waals surface area contributed by atoms with Gasteiger partial charge in [-0.2, -0.15) is 0 Å². The summed E-state index contributed by atoms with van der Waals surface area (Å²) in [6, 6.07) is 1.83. The molecule has 1 aliphatic carbocycles. The Bertz CT molecular complexity index is 635. The number of rotatable bonds is 4. The molecule has 1 aromatic rings. The molecule has 7 nitrogen and oxygen atoms in total. The number of anilines is 2. The van der Waals surface area contributed by atoms with Gasteiger partial charge < -0.3 is 20.7 Å². The number of nitrogens with zero attached hydrogens (tertiary/aromatic N) is 3. The van der Waals surface area contributed by atoms with Crippen LogP contribution < -0.4 is 16.0 Å². The fraction of sp³-hybridized carbons (Fsp3) is 0.562. The molecule has 0 radical (unpaired) electrons. The number of hydrogen-bond acceptors (Lipinski definition) is 6. The predicted octanol–water partition coefficient (Wildman–Crippen LogP) is 0.182. The minimum absolute atomic E-state index is 0.0981. The van der Waals surface area contributed by atoms with E-state index >= 15 is 0 Å². The molecule has 1 aromatic heterocycles. The summed E-state index contributed by atoms with van der Waals surface area (Å²) in [5.74, 6) is 7.00. The second kappa shape index (κ2) is 6.84. The molecule has 1 saturated heterocycles. The van der Waals surface area contributed by atoms with Gasteiger partial charge >= 0.3 is 0 Å². The molecule has 2 aliphatic rings. The zero-order valence-corrected chi connectivity index (χ0v) is 13.2. The molecule has 3 rings (SSSR count). The van der Waals surface area contributed by atoms with Gasteiger partial charge in [0.05, 0.1) is 12.1 Å². The first-order valence-electron chi connectivity index (χ1n) is 7.82. The largest absolute Gasteiger partial charge is 0.384 e. The van der Waals surface area contributed by atoms with Crippen molar-refractivity contribution in [3.05, 3.63) is 12.4 Å². The van der Waals surface area contributed by atoms with Gasteiger partial charge in [0, 0.05) is 32.2 Å². The van der Waals surface area contributed by atoms with Crippen LogP contribution in [0.4, 0.5) is 11.6 Å². The number of hydrogen-bond donors (Lipinski definition) is 2. The monoisotopic (exact) mass is 315 g/mol. The highest BCUT2D eigenvalue weighted by Gasteiger charge is 2.33. The fourth-order valence-corrected chi connectivity index (χ4v) is 2.69. The van der Waals surface area contributed by atoms with Crippen molar-refractivity contribution in [3.63, 3.8) is 0 Å². The molecule has 122 valence electrons. The highest BCUT2D eigenvalue weighted by atomic mass is 16.5. The van der Waals surface area contributed by atoms with E-state index in [1.807, 2.05) is 0 Å². The second-order valence-electron chi connectivity index (χ2n) is 5.95. The summed E-state index contributed by atoms with van der Waals surface area (Å²) in [6.45, 7) is 1.21. The average Bonchev–Trinajstić information content (AvgIpc) is 3.29. The first-order chi connectivity index (χ1) is 11.2. The summed E-state index contributed by atoms with van der Waals surface area (Å²) in [6.07, 6.45) is 4.59. The molecule has 1 saturated carbocycles. The second-order valence-corrected chi connectivity index (χ2v) is 5.95. The fourth-order valence-electron chi connectivity index (χ4n) is 2.69. The van der Waals surface area contributed by atoms with Gasteiger partial charge in [-0.1, -0.05) is 5.92 Å². The smallest absolute Gasteiger partial charge is 0.295 e. The van der Waals surface area contributed by atoms with E-state index in [-0.39, 0.29) is 18.1 Å². The van der Waals surface area contributed by atoms with Crippen LogP contribution in [0.2, 0.25) is 0 Å². The quantitative estimate of drug-likeness (QED) is 0.770. The third kappa shape index (κ3) is 4.11. The van der Waals surface area contributed by atoms with Crippen LogP contribution in [0.5, 0.6) is 0 Å². The van der Waals surface area contributed by atoms with Crippen molar-refractivity contribution in [3.8, 4) is 11.8 Å². The van der Waals surface area contributed by atoms with E-state index in [1.165, 1.54) is 6.33 Å². The van der Waals surface area contributed by atoms with Crippen molar-refractivity contribution in [1.82, 2.24) is 15.3 Å². The highest BCUT2D eigenvalue weighted by molar-refractivity contribution is 5.93. The summed E-state index contributed by atoms with van der Waals surface area (Å²) >= 11 is 0. The lowest BCUT2D eigenvalue weighted by Gasteiger charge is -2.25. The van der Waals surface area contributed by atoms with Crippen LogP contribution in [0.15, 0.2) is 12.4 Å². The predicted molar refractivity (Wildman–Crippen MR) is 86.5 cm³/mol. The SMILES string of the molecule is CO[C@@H]1C[C@H](CNC(=O)C#CC2CC2)N(c2cc(N)ncn2)C1. The lowest BCUT2D eigenvalue weighted by molar-refractivity contribution is -0.115. The first-order valence-corrected chi connectivity index (χ1v) is 7.82. The van der Waals surface area contributed by atoms with E-state index in [0.29, 0.717) is 24.8 Å². The number of carbonyl (C=O) groups excluding carboxylic acids is 1. The van der Waals surface area contributed by atoms with Crippen molar-refractivity contribution in [1.29, 1.82) is 0 Å². The average molecular weight is 315 g/mol. The topological polar surface area (TPSA) is 93.4 Å². The lowest BCUT2D eigenvalue weighted by Crippen LogP contribution is -2.40. The van der Waals surface area contributed by atoms with Crippen LogP contribution in [0.3, 0.4) is 0 Å². The van der Waals surface area contributed by atoms with Gasteiger partial charge in [-0.05, 0) is 25.2 Å². The van der Waals surface area contributed by atoms with Crippen LogP contribution >= 0.6 is 0 Å². The molecule has 3 N–H and O–H groups in total. The molecule has 0 unspecified atom stereocenters.